The van der Waals surface area contributed by atoms with Crippen LogP contribution in [0.25, 0.3) is 0 Å². The lowest BCUT2D eigenvalue weighted by molar-refractivity contribution is -0.138. The van der Waals surface area contributed by atoms with E-state index in [2.05, 4.69) is 9.97 Å². The van der Waals surface area contributed by atoms with E-state index in [1.54, 1.807) is 24.3 Å². The number of fused-ring (bicyclic) bond motifs is 1. The first kappa shape index (κ1) is 13.5. The second-order valence-electron chi connectivity index (χ2n) is 4.59. The van der Waals surface area contributed by atoms with Crippen molar-refractivity contribution in [1.29, 1.82) is 0 Å². The number of aromatic nitrogens is 2. The van der Waals surface area contributed by atoms with Gasteiger partial charge >= 0.3 is 5.97 Å². The molecule has 0 saturated carbocycles. The molecule has 1 unspecified atom stereocenters. The number of anilines is 1. The minimum atomic E-state index is -0.958. The number of aliphatic carboxylic acids is 1. The highest BCUT2D eigenvalue weighted by molar-refractivity contribution is 6.29. The van der Waals surface area contributed by atoms with Crippen LogP contribution in [0.4, 0.5) is 5.69 Å². The van der Waals surface area contributed by atoms with E-state index in [-0.39, 0.29) is 17.4 Å². The van der Waals surface area contributed by atoms with Crippen molar-refractivity contribution in [2.75, 3.05) is 11.4 Å². The van der Waals surface area contributed by atoms with Crippen LogP contribution < -0.4 is 4.90 Å². The second kappa shape index (κ2) is 5.14. The van der Waals surface area contributed by atoms with Gasteiger partial charge in [-0.1, -0.05) is 29.8 Å². The molecule has 1 aliphatic heterocycles. The standard InChI is InChI=1S/C14H10ClN3O3/c15-12-6-16-10(5-17-12)13(19)18-7-9(14(20)21)8-3-1-2-4-11(8)18/h1-6,9H,7H2,(H,20,21). The molecule has 3 rings (SSSR count). The average Bonchev–Trinajstić information content (AvgIpc) is 2.87. The molecule has 1 atom stereocenters. The van der Waals surface area contributed by atoms with E-state index in [4.69, 9.17) is 11.6 Å². The molecule has 1 aromatic heterocycles. The molecule has 0 bridgehead atoms. The van der Waals surface area contributed by atoms with Crippen LogP contribution >= 0.6 is 11.6 Å². The average molecular weight is 304 g/mol. The molecular formula is C14H10ClN3O3. The smallest absolute Gasteiger partial charge is 0.312 e. The number of benzene rings is 1. The third-order valence-electron chi connectivity index (χ3n) is 3.35. The van der Waals surface area contributed by atoms with Crippen molar-refractivity contribution in [3.05, 3.63) is 53.1 Å². The summed E-state index contributed by atoms with van der Waals surface area (Å²) in [5, 5.41) is 9.47. The number of carboxylic acid groups (broad SMARTS) is 1. The zero-order valence-corrected chi connectivity index (χ0v) is 11.5. The first-order chi connectivity index (χ1) is 10.1. The Hall–Kier alpha value is -2.47. The zero-order chi connectivity index (χ0) is 15.0. The van der Waals surface area contributed by atoms with Crippen LogP contribution in [0.1, 0.15) is 22.0 Å². The fraction of sp³-hybridized carbons (Fsp3) is 0.143. The number of carbonyl (C=O) groups excluding carboxylic acids is 1. The summed E-state index contributed by atoms with van der Waals surface area (Å²) < 4.78 is 0. The molecule has 1 aliphatic rings. The highest BCUT2D eigenvalue weighted by Gasteiger charge is 2.37. The molecule has 2 heterocycles. The van der Waals surface area contributed by atoms with Gasteiger partial charge in [0.05, 0.1) is 12.4 Å². The van der Waals surface area contributed by atoms with Crippen LogP contribution in [0.15, 0.2) is 36.7 Å². The summed E-state index contributed by atoms with van der Waals surface area (Å²) in [6, 6.07) is 6.95. The molecule has 1 N–H and O–H groups in total. The minimum Gasteiger partial charge on any atom is -0.481 e. The Morgan fingerprint density at radius 1 is 1.24 bits per heavy atom. The Morgan fingerprint density at radius 2 is 2.00 bits per heavy atom. The van der Waals surface area contributed by atoms with Gasteiger partial charge in [0.2, 0.25) is 0 Å². The topological polar surface area (TPSA) is 83.4 Å². The molecule has 1 amide bonds. The lowest BCUT2D eigenvalue weighted by Crippen LogP contribution is -2.31. The second-order valence-corrected chi connectivity index (χ2v) is 4.98. The molecule has 0 radical (unpaired) electrons. The molecule has 0 aliphatic carbocycles. The van der Waals surface area contributed by atoms with E-state index >= 15 is 0 Å². The molecule has 1 aromatic carbocycles. The fourth-order valence-corrected chi connectivity index (χ4v) is 2.47. The molecule has 0 saturated heterocycles. The van der Waals surface area contributed by atoms with Gasteiger partial charge in [0, 0.05) is 12.2 Å². The van der Waals surface area contributed by atoms with Gasteiger partial charge in [-0.3, -0.25) is 9.59 Å². The molecule has 0 spiro atoms. The molecule has 106 valence electrons. The van der Waals surface area contributed by atoms with E-state index in [0.29, 0.717) is 11.3 Å². The van der Waals surface area contributed by atoms with Crippen molar-refractivity contribution in [2.24, 2.45) is 0 Å². The lowest BCUT2D eigenvalue weighted by Gasteiger charge is -2.16. The number of rotatable bonds is 2. The molecule has 7 heteroatoms. The SMILES string of the molecule is O=C(O)C1CN(C(=O)c2cnc(Cl)cn2)c2ccccc21. The molecule has 2 aromatic rings. The number of carboxylic acids is 1. The maximum Gasteiger partial charge on any atom is 0.312 e. The van der Waals surface area contributed by atoms with Crippen LogP contribution in [0.2, 0.25) is 5.15 Å². The maximum atomic E-state index is 12.5. The van der Waals surface area contributed by atoms with E-state index in [9.17, 15) is 14.7 Å². The summed E-state index contributed by atoms with van der Waals surface area (Å²) in [6.45, 7) is 0.0812. The van der Waals surface area contributed by atoms with Crippen molar-refractivity contribution < 1.29 is 14.7 Å². The predicted octanol–water partition coefficient (Wildman–Crippen LogP) is 1.96. The number of halogens is 1. The first-order valence-corrected chi connectivity index (χ1v) is 6.57. The summed E-state index contributed by atoms with van der Waals surface area (Å²) in [4.78, 5) is 33.0. The number of para-hydroxylation sites is 1. The monoisotopic (exact) mass is 303 g/mol. The van der Waals surface area contributed by atoms with Crippen molar-refractivity contribution in [3.8, 4) is 0 Å². The van der Waals surface area contributed by atoms with E-state index in [0.717, 1.165) is 0 Å². The largest absolute Gasteiger partial charge is 0.481 e. The Morgan fingerprint density at radius 3 is 2.67 bits per heavy atom. The number of nitrogens with zero attached hydrogens (tertiary/aromatic N) is 3. The van der Waals surface area contributed by atoms with E-state index < -0.39 is 17.8 Å². The normalized spacial score (nSPS) is 16.6. The number of amides is 1. The quantitative estimate of drug-likeness (QED) is 0.917. The number of hydrogen-bond donors (Lipinski definition) is 1. The van der Waals surface area contributed by atoms with Crippen LogP contribution in [0, 0.1) is 0 Å². The van der Waals surface area contributed by atoms with Crippen molar-refractivity contribution in [1.82, 2.24) is 9.97 Å². The molecule has 0 fully saturated rings. The zero-order valence-electron chi connectivity index (χ0n) is 10.7. The van der Waals surface area contributed by atoms with Gasteiger partial charge in [-0.25, -0.2) is 9.97 Å². The van der Waals surface area contributed by atoms with Gasteiger partial charge in [-0.2, -0.15) is 0 Å². The fourth-order valence-electron chi connectivity index (χ4n) is 2.37. The van der Waals surface area contributed by atoms with Gasteiger partial charge in [0.15, 0.2) is 0 Å². The van der Waals surface area contributed by atoms with Gasteiger partial charge < -0.3 is 10.0 Å². The third-order valence-corrected chi connectivity index (χ3v) is 3.55. The van der Waals surface area contributed by atoms with Crippen molar-refractivity contribution in [2.45, 2.75) is 5.92 Å². The van der Waals surface area contributed by atoms with Gasteiger partial charge in [-0.05, 0) is 11.6 Å². The van der Waals surface area contributed by atoms with Crippen molar-refractivity contribution in [3.63, 3.8) is 0 Å². The molecule has 6 nitrogen and oxygen atoms in total. The summed E-state index contributed by atoms with van der Waals surface area (Å²) in [7, 11) is 0. The molecular weight excluding hydrogens is 294 g/mol. The summed E-state index contributed by atoms with van der Waals surface area (Å²) in [5.41, 5.74) is 1.34. The van der Waals surface area contributed by atoms with Gasteiger partial charge in [0.1, 0.15) is 16.8 Å². The molecule has 21 heavy (non-hydrogen) atoms. The maximum absolute atomic E-state index is 12.5. The first-order valence-electron chi connectivity index (χ1n) is 6.19. The van der Waals surface area contributed by atoms with Crippen LogP contribution in [-0.2, 0) is 4.79 Å². The van der Waals surface area contributed by atoms with Crippen LogP contribution in [0.5, 0.6) is 0 Å². The number of carbonyl (C=O) groups is 2. The lowest BCUT2D eigenvalue weighted by atomic mass is 10.0. The highest BCUT2D eigenvalue weighted by Crippen LogP contribution is 2.36. The van der Waals surface area contributed by atoms with E-state index in [1.807, 2.05) is 0 Å². The van der Waals surface area contributed by atoms with Gasteiger partial charge in [-0.15, -0.1) is 0 Å². The summed E-state index contributed by atoms with van der Waals surface area (Å²) >= 11 is 5.65. The van der Waals surface area contributed by atoms with Crippen molar-refractivity contribution >= 4 is 29.2 Å². The summed E-state index contributed by atoms with van der Waals surface area (Å²) in [5.74, 6) is -2.08. The Balaban J connectivity index is 1.98. The van der Waals surface area contributed by atoms with E-state index in [1.165, 1.54) is 17.3 Å². The third kappa shape index (κ3) is 2.34. The van der Waals surface area contributed by atoms with Crippen LogP contribution in [0.3, 0.4) is 0 Å². The van der Waals surface area contributed by atoms with Gasteiger partial charge in [0.25, 0.3) is 5.91 Å². The Bertz CT molecular complexity index is 718. The predicted molar refractivity (Wildman–Crippen MR) is 75.5 cm³/mol. The summed E-state index contributed by atoms with van der Waals surface area (Å²) in [6.07, 6.45) is 2.56. The van der Waals surface area contributed by atoms with Crippen LogP contribution in [-0.4, -0.2) is 33.5 Å². The Kier molecular flexibility index (Phi) is 3.31. The Labute approximate surface area is 125 Å². The number of hydrogen-bond acceptors (Lipinski definition) is 4. The highest BCUT2D eigenvalue weighted by atomic mass is 35.5. The minimum absolute atomic E-state index is 0.0812.